The molecule has 2 amide bonds. The van der Waals surface area contributed by atoms with E-state index in [0.29, 0.717) is 32.1 Å². The SMILES string of the molecule is C=N/C(OC)=C(\C=NCN1CC2(CCN(CC(C)(C)O)CC2)N(Cc2cccc(OC)c2)C1=O)C1C=NNC1. The number of aliphatic imine (C=N–C) groups is 2. The van der Waals surface area contributed by atoms with Gasteiger partial charge in [-0.3, -0.25) is 4.99 Å². The lowest BCUT2D eigenvalue weighted by molar-refractivity contribution is 0.00537. The maximum atomic E-state index is 13.8. The zero-order valence-corrected chi connectivity index (χ0v) is 23.5. The minimum atomic E-state index is -0.761. The second-order valence-electron chi connectivity index (χ2n) is 11.1. The summed E-state index contributed by atoms with van der Waals surface area (Å²) in [5.41, 5.74) is 3.65. The first-order chi connectivity index (χ1) is 18.7. The van der Waals surface area contributed by atoms with Crippen LogP contribution in [0, 0.1) is 5.92 Å². The van der Waals surface area contributed by atoms with E-state index in [1.54, 1.807) is 26.6 Å². The van der Waals surface area contributed by atoms with Gasteiger partial charge in [0, 0.05) is 63.2 Å². The number of likely N-dealkylation sites (tertiary alicyclic amines) is 1. The fraction of sp³-hybridized carbons (Fsp3) is 0.571. The van der Waals surface area contributed by atoms with E-state index in [2.05, 4.69) is 32.1 Å². The molecule has 1 aromatic rings. The number of urea groups is 1. The minimum absolute atomic E-state index is 0.0330. The third-order valence-electron chi connectivity index (χ3n) is 7.55. The number of β-amino-alcohol motifs (C(OH)–C–C–N with tert-alkyl or cyclic N) is 1. The first-order valence-corrected chi connectivity index (χ1v) is 13.3. The van der Waals surface area contributed by atoms with Crippen LogP contribution in [0.25, 0.3) is 0 Å². The van der Waals surface area contributed by atoms with E-state index in [9.17, 15) is 9.90 Å². The maximum Gasteiger partial charge on any atom is 0.322 e. The van der Waals surface area contributed by atoms with Gasteiger partial charge in [0.05, 0.1) is 25.4 Å². The van der Waals surface area contributed by atoms with Crippen LogP contribution in [0.3, 0.4) is 0 Å². The number of carbonyl (C=O) groups is 1. The maximum absolute atomic E-state index is 13.8. The topological polar surface area (TPSA) is 115 Å². The van der Waals surface area contributed by atoms with Crippen molar-refractivity contribution in [2.45, 2.75) is 44.4 Å². The van der Waals surface area contributed by atoms with Gasteiger partial charge in [0.2, 0.25) is 5.88 Å². The van der Waals surface area contributed by atoms with Crippen molar-refractivity contribution in [1.29, 1.82) is 0 Å². The zero-order valence-electron chi connectivity index (χ0n) is 23.5. The van der Waals surface area contributed by atoms with Gasteiger partial charge in [-0.05, 0) is 51.1 Å². The average Bonchev–Trinajstić information content (AvgIpc) is 3.53. The summed E-state index contributed by atoms with van der Waals surface area (Å²) in [6.07, 6.45) is 5.15. The number of aliphatic hydroxyl groups is 1. The Morgan fingerprint density at radius 1 is 1.33 bits per heavy atom. The van der Waals surface area contributed by atoms with Gasteiger partial charge >= 0.3 is 6.03 Å². The molecule has 3 aliphatic rings. The van der Waals surface area contributed by atoms with Crippen molar-refractivity contribution in [3.63, 3.8) is 0 Å². The van der Waals surface area contributed by atoms with Gasteiger partial charge in [-0.1, -0.05) is 12.1 Å². The monoisotopic (exact) mass is 539 g/mol. The van der Waals surface area contributed by atoms with E-state index in [0.717, 1.165) is 42.8 Å². The molecule has 1 aromatic carbocycles. The molecule has 3 aliphatic heterocycles. The first-order valence-electron chi connectivity index (χ1n) is 13.3. The Balaban J connectivity index is 1.54. The Morgan fingerprint density at radius 3 is 2.72 bits per heavy atom. The normalized spacial score (nSPS) is 22.0. The largest absolute Gasteiger partial charge is 0.497 e. The summed E-state index contributed by atoms with van der Waals surface area (Å²) in [7, 11) is 3.19. The minimum Gasteiger partial charge on any atom is -0.497 e. The van der Waals surface area contributed by atoms with E-state index in [4.69, 9.17) is 9.47 Å². The van der Waals surface area contributed by atoms with Gasteiger partial charge < -0.3 is 34.7 Å². The van der Waals surface area contributed by atoms with Crippen molar-refractivity contribution in [2.24, 2.45) is 21.0 Å². The van der Waals surface area contributed by atoms with Gasteiger partial charge in [-0.15, -0.1) is 0 Å². The summed E-state index contributed by atoms with van der Waals surface area (Å²) < 4.78 is 10.8. The Labute approximate surface area is 230 Å². The van der Waals surface area contributed by atoms with Crippen LogP contribution in [0.4, 0.5) is 4.79 Å². The molecular formula is C28H41N7O4. The predicted molar refractivity (Wildman–Crippen MR) is 152 cm³/mol. The molecule has 212 valence electrons. The molecule has 11 heteroatoms. The van der Waals surface area contributed by atoms with Crippen molar-refractivity contribution in [1.82, 2.24) is 20.1 Å². The summed E-state index contributed by atoms with van der Waals surface area (Å²) in [4.78, 5) is 28.6. The number of hydrazone groups is 1. The molecule has 4 rings (SSSR count). The van der Waals surface area contributed by atoms with E-state index in [1.807, 2.05) is 47.9 Å². The molecule has 1 unspecified atom stereocenters. The highest BCUT2D eigenvalue weighted by Gasteiger charge is 2.50. The van der Waals surface area contributed by atoms with E-state index in [1.165, 1.54) is 0 Å². The molecule has 2 N–H and O–H groups in total. The second kappa shape index (κ2) is 12.2. The van der Waals surface area contributed by atoms with Crippen LogP contribution < -0.4 is 10.2 Å². The van der Waals surface area contributed by atoms with Gasteiger partial charge in [-0.25, -0.2) is 9.79 Å². The Bertz CT molecular complexity index is 1120. The molecule has 0 aromatic heterocycles. The molecule has 1 atom stereocenters. The Kier molecular flexibility index (Phi) is 8.91. The summed E-state index contributed by atoms with van der Waals surface area (Å²) >= 11 is 0. The molecule has 0 bridgehead atoms. The second-order valence-corrected chi connectivity index (χ2v) is 11.1. The number of benzene rings is 1. The number of hydrogen-bond donors (Lipinski definition) is 2. The predicted octanol–water partition coefficient (Wildman–Crippen LogP) is 2.33. The highest BCUT2D eigenvalue weighted by atomic mass is 16.5. The Morgan fingerprint density at radius 2 is 2.10 bits per heavy atom. The van der Waals surface area contributed by atoms with Crippen molar-refractivity contribution in [3.8, 4) is 5.75 Å². The molecule has 0 radical (unpaired) electrons. The smallest absolute Gasteiger partial charge is 0.322 e. The average molecular weight is 540 g/mol. The summed E-state index contributed by atoms with van der Waals surface area (Å²) in [6.45, 7) is 11.4. The third kappa shape index (κ3) is 6.77. The molecule has 2 fully saturated rings. The first kappa shape index (κ1) is 28.6. The number of nitrogens with one attached hydrogen (secondary N) is 1. The van der Waals surface area contributed by atoms with Crippen LogP contribution in [-0.4, -0.2) is 110 Å². The quantitative estimate of drug-likeness (QED) is 0.330. The number of ether oxygens (including phenoxy) is 2. The highest BCUT2D eigenvalue weighted by molar-refractivity contribution is 5.87. The van der Waals surface area contributed by atoms with Crippen LogP contribution in [0.5, 0.6) is 5.75 Å². The van der Waals surface area contributed by atoms with Gasteiger partial charge in [0.15, 0.2) is 0 Å². The summed E-state index contributed by atoms with van der Waals surface area (Å²) in [5.74, 6) is 1.12. The standard InChI is InChI=1S/C28H41N7O4/c1-27(2,37)18-33-11-9-28(10-12-33)19-34(26(36)35(28)17-21-7-6-8-23(13-21)38-4)20-30-16-24(25(29-3)39-5)22-14-31-32-15-22/h6-8,13-14,16,22,32,37H,3,9-12,15,17-20H2,1-2,4-5H3/b25-24-,30-16?. The lowest BCUT2D eigenvalue weighted by atomic mass is 9.86. The summed E-state index contributed by atoms with van der Waals surface area (Å²) in [5, 5.41) is 14.4. The highest BCUT2D eigenvalue weighted by Crippen LogP contribution is 2.38. The number of rotatable bonds is 11. The molecule has 1 spiro atoms. The van der Waals surface area contributed by atoms with Crippen molar-refractivity contribution in [2.75, 3.05) is 53.6 Å². The van der Waals surface area contributed by atoms with Crippen LogP contribution in [-0.2, 0) is 11.3 Å². The number of methoxy groups -OCH3 is 2. The van der Waals surface area contributed by atoms with Crippen molar-refractivity contribution < 1.29 is 19.4 Å². The van der Waals surface area contributed by atoms with Gasteiger partial charge in [0.1, 0.15) is 12.4 Å². The number of carbonyl (C=O) groups excluding carboxylic acids is 1. The van der Waals surface area contributed by atoms with Crippen molar-refractivity contribution >= 4 is 25.2 Å². The number of amides is 2. The van der Waals surface area contributed by atoms with Crippen LogP contribution in [0.2, 0.25) is 0 Å². The van der Waals surface area contributed by atoms with Crippen LogP contribution >= 0.6 is 0 Å². The number of hydrogen-bond acceptors (Lipinski definition) is 9. The molecule has 3 heterocycles. The molecule has 2 saturated heterocycles. The lowest BCUT2D eigenvalue weighted by Gasteiger charge is -2.45. The molecule has 39 heavy (non-hydrogen) atoms. The van der Waals surface area contributed by atoms with Crippen LogP contribution in [0.1, 0.15) is 32.3 Å². The van der Waals surface area contributed by atoms with E-state index < -0.39 is 5.60 Å². The fourth-order valence-electron chi connectivity index (χ4n) is 5.64. The molecular weight excluding hydrogens is 498 g/mol. The van der Waals surface area contributed by atoms with E-state index >= 15 is 0 Å². The summed E-state index contributed by atoms with van der Waals surface area (Å²) in [6, 6.07) is 7.83. The Hall–Kier alpha value is -3.44. The zero-order chi connectivity index (χ0) is 28.0. The van der Waals surface area contributed by atoms with Gasteiger partial charge in [-0.2, -0.15) is 5.10 Å². The number of piperidine rings is 1. The van der Waals surface area contributed by atoms with E-state index in [-0.39, 0.29) is 24.2 Å². The molecule has 11 nitrogen and oxygen atoms in total. The van der Waals surface area contributed by atoms with Gasteiger partial charge in [0.25, 0.3) is 0 Å². The fourth-order valence-corrected chi connectivity index (χ4v) is 5.64. The lowest BCUT2D eigenvalue weighted by Crippen LogP contribution is -2.55. The third-order valence-corrected chi connectivity index (χ3v) is 7.55. The van der Waals surface area contributed by atoms with Crippen LogP contribution in [0.15, 0.2) is 50.8 Å². The molecule has 0 saturated carbocycles. The van der Waals surface area contributed by atoms with Crippen molar-refractivity contribution in [3.05, 3.63) is 41.3 Å². The molecule has 0 aliphatic carbocycles. The number of nitrogens with zero attached hydrogens (tertiary/aromatic N) is 6.